The first-order valence-corrected chi connectivity index (χ1v) is 10.9. The molecule has 0 aliphatic carbocycles. The Labute approximate surface area is 175 Å². The van der Waals surface area contributed by atoms with E-state index in [2.05, 4.69) is 45.1 Å². The summed E-state index contributed by atoms with van der Waals surface area (Å²) in [5.41, 5.74) is 6.89. The molecule has 2 aromatic heterocycles. The van der Waals surface area contributed by atoms with Gasteiger partial charge in [-0.25, -0.2) is 0 Å². The maximum absolute atomic E-state index is 6.05. The SMILES string of the molecule is COc1ccc2c3c([nH]c2c1)CCN(c1ccc2oc(N4CCCCC4)nc2c1)C3. The van der Waals surface area contributed by atoms with Crippen LogP contribution in [0.1, 0.15) is 30.5 Å². The minimum absolute atomic E-state index is 0.772. The molecule has 0 amide bonds. The van der Waals surface area contributed by atoms with Crippen LogP contribution in [0.5, 0.6) is 5.75 Å². The number of benzene rings is 2. The molecule has 6 nitrogen and oxygen atoms in total. The molecule has 30 heavy (non-hydrogen) atoms. The van der Waals surface area contributed by atoms with Crippen LogP contribution >= 0.6 is 0 Å². The fourth-order valence-corrected chi connectivity index (χ4v) is 4.87. The quantitative estimate of drug-likeness (QED) is 0.530. The highest BCUT2D eigenvalue weighted by atomic mass is 16.5. The van der Waals surface area contributed by atoms with Crippen molar-refractivity contribution in [2.24, 2.45) is 0 Å². The number of ether oxygens (including phenoxy) is 1. The third-order valence-corrected chi connectivity index (χ3v) is 6.53. The fraction of sp³-hybridized carbons (Fsp3) is 0.375. The fourth-order valence-electron chi connectivity index (χ4n) is 4.87. The molecule has 0 saturated carbocycles. The molecule has 2 aromatic carbocycles. The van der Waals surface area contributed by atoms with Gasteiger partial charge in [-0.2, -0.15) is 4.98 Å². The van der Waals surface area contributed by atoms with Crippen LogP contribution in [0.3, 0.4) is 0 Å². The zero-order valence-electron chi connectivity index (χ0n) is 17.3. The minimum atomic E-state index is 0.772. The van der Waals surface area contributed by atoms with Gasteiger partial charge in [-0.05, 0) is 49.6 Å². The molecule has 4 aromatic rings. The Kier molecular flexibility index (Phi) is 4.11. The lowest BCUT2D eigenvalue weighted by Gasteiger charge is -2.29. The first-order chi connectivity index (χ1) is 14.8. The smallest absolute Gasteiger partial charge is 0.298 e. The van der Waals surface area contributed by atoms with E-state index in [0.29, 0.717) is 0 Å². The molecule has 4 heterocycles. The van der Waals surface area contributed by atoms with E-state index in [0.717, 1.165) is 61.0 Å². The van der Waals surface area contributed by atoms with Gasteiger partial charge < -0.3 is 23.9 Å². The molecule has 1 saturated heterocycles. The van der Waals surface area contributed by atoms with Gasteiger partial charge in [0.15, 0.2) is 5.58 Å². The third kappa shape index (κ3) is 2.90. The highest BCUT2D eigenvalue weighted by molar-refractivity contribution is 5.87. The van der Waals surface area contributed by atoms with Crippen LogP contribution < -0.4 is 14.5 Å². The summed E-state index contributed by atoms with van der Waals surface area (Å²) in [6.45, 7) is 3.96. The number of piperidine rings is 1. The number of methoxy groups -OCH3 is 1. The summed E-state index contributed by atoms with van der Waals surface area (Å²) in [6, 6.07) is 13.5. The largest absolute Gasteiger partial charge is 0.497 e. The maximum atomic E-state index is 6.05. The predicted molar refractivity (Wildman–Crippen MR) is 120 cm³/mol. The third-order valence-electron chi connectivity index (χ3n) is 6.53. The Morgan fingerprint density at radius 3 is 2.77 bits per heavy atom. The number of hydrogen-bond acceptors (Lipinski definition) is 5. The van der Waals surface area contributed by atoms with Gasteiger partial charge in [-0.1, -0.05) is 0 Å². The molecule has 0 radical (unpaired) electrons. The zero-order valence-corrected chi connectivity index (χ0v) is 17.3. The monoisotopic (exact) mass is 402 g/mol. The minimum Gasteiger partial charge on any atom is -0.497 e. The van der Waals surface area contributed by atoms with Crippen LogP contribution in [0.4, 0.5) is 11.7 Å². The van der Waals surface area contributed by atoms with E-state index >= 15 is 0 Å². The van der Waals surface area contributed by atoms with E-state index in [4.69, 9.17) is 14.1 Å². The van der Waals surface area contributed by atoms with Gasteiger partial charge in [-0.15, -0.1) is 0 Å². The van der Waals surface area contributed by atoms with E-state index in [9.17, 15) is 0 Å². The number of fused-ring (bicyclic) bond motifs is 4. The molecule has 0 unspecified atom stereocenters. The van der Waals surface area contributed by atoms with Crippen molar-refractivity contribution in [1.82, 2.24) is 9.97 Å². The molecule has 1 N–H and O–H groups in total. The van der Waals surface area contributed by atoms with Gasteiger partial charge >= 0.3 is 0 Å². The summed E-state index contributed by atoms with van der Waals surface area (Å²) in [6.07, 6.45) is 4.74. The number of H-pyrrole nitrogens is 1. The van der Waals surface area contributed by atoms with Gasteiger partial charge in [0.25, 0.3) is 6.01 Å². The Bertz CT molecular complexity index is 1220. The summed E-state index contributed by atoms with van der Waals surface area (Å²) >= 11 is 0. The van der Waals surface area contributed by atoms with Crippen molar-refractivity contribution in [3.05, 3.63) is 47.7 Å². The van der Waals surface area contributed by atoms with Crippen molar-refractivity contribution in [1.29, 1.82) is 0 Å². The maximum Gasteiger partial charge on any atom is 0.298 e. The Morgan fingerprint density at radius 2 is 1.90 bits per heavy atom. The molecule has 6 heteroatoms. The summed E-state index contributed by atoms with van der Waals surface area (Å²) < 4.78 is 11.4. The highest BCUT2D eigenvalue weighted by Crippen LogP contribution is 2.34. The van der Waals surface area contributed by atoms with E-state index < -0.39 is 0 Å². The molecule has 2 aliphatic rings. The van der Waals surface area contributed by atoms with E-state index in [1.165, 1.54) is 41.6 Å². The van der Waals surface area contributed by atoms with Crippen LogP contribution in [-0.4, -0.2) is 36.7 Å². The molecule has 154 valence electrons. The number of nitrogens with zero attached hydrogens (tertiary/aromatic N) is 3. The van der Waals surface area contributed by atoms with E-state index in [1.807, 2.05) is 6.07 Å². The first-order valence-electron chi connectivity index (χ1n) is 10.9. The molecular weight excluding hydrogens is 376 g/mol. The lowest BCUT2D eigenvalue weighted by molar-refractivity contribution is 0.415. The Morgan fingerprint density at radius 1 is 1.00 bits per heavy atom. The second kappa shape index (κ2) is 6.97. The Balaban J connectivity index is 1.30. The van der Waals surface area contributed by atoms with Crippen molar-refractivity contribution in [2.75, 3.05) is 36.5 Å². The van der Waals surface area contributed by atoms with Gasteiger partial charge in [0.1, 0.15) is 11.3 Å². The van der Waals surface area contributed by atoms with E-state index in [1.54, 1.807) is 7.11 Å². The number of oxazole rings is 1. The van der Waals surface area contributed by atoms with Crippen molar-refractivity contribution in [3.63, 3.8) is 0 Å². The van der Waals surface area contributed by atoms with Crippen molar-refractivity contribution >= 4 is 33.7 Å². The van der Waals surface area contributed by atoms with Crippen LogP contribution in [0.15, 0.2) is 40.8 Å². The number of rotatable bonds is 3. The Hall–Kier alpha value is -3.15. The second-order valence-electron chi connectivity index (χ2n) is 8.36. The zero-order chi connectivity index (χ0) is 20.1. The number of anilines is 2. The lowest BCUT2D eigenvalue weighted by atomic mass is 10.0. The van der Waals surface area contributed by atoms with Gasteiger partial charge in [0.2, 0.25) is 0 Å². The summed E-state index contributed by atoms with van der Waals surface area (Å²) in [7, 11) is 1.71. The van der Waals surface area contributed by atoms with Crippen LogP contribution in [-0.2, 0) is 13.0 Å². The molecule has 2 aliphatic heterocycles. The summed E-state index contributed by atoms with van der Waals surface area (Å²) in [5.74, 6) is 0.888. The average Bonchev–Trinajstić information content (AvgIpc) is 3.39. The van der Waals surface area contributed by atoms with Crippen molar-refractivity contribution < 1.29 is 9.15 Å². The summed E-state index contributed by atoms with van der Waals surface area (Å²) in [5, 5.41) is 1.28. The van der Waals surface area contributed by atoms with Gasteiger partial charge in [0.05, 0.1) is 7.11 Å². The van der Waals surface area contributed by atoms with Crippen molar-refractivity contribution in [2.45, 2.75) is 32.2 Å². The van der Waals surface area contributed by atoms with Crippen LogP contribution in [0.2, 0.25) is 0 Å². The molecule has 6 rings (SSSR count). The molecule has 0 atom stereocenters. The topological polar surface area (TPSA) is 57.5 Å². The molecule has 1 fully saturated rings. The number of hydrogen-bond donors (Lipinski definition) is 1. The van der Waals surface area contributed by atoms with Gasteiger partial charge in [0, 0.05) is 66.5 Å². The normalized spacial score (nSPS) is 17.0. The first kappa shape index (κ1) is 17.7. The second-order valence-corrected chi connectivity index (χ2v) is 8.36. The van der Waals surface area contributed by atoms with Crippen molar-refractivity contribution in [3.8, 4) is 5.75 Å². The molecular formula is C24H26N4O2. The van der Waals surface area contributed by atoms with Gasteiger partial charge in [-0.3, -0.25) is 0 Å². The number of aromatic nitrogens is 2. The van der Waals surface area contributed by atoms with Crippen LogP contribution in [0, 0.1) is 0 Å². The number of nitrogens with one attached hydrogen (secondary N) is 1. The molecule has 0 bridgehead atoms. The number of aromatic amines is 1. The average molecular weight is 402 g/mol. The predicted octanol–water partition coefficient (Wildman–Crippen LogP) is 4.87. The summed E-state index contributed by atoms with van der Waals surface area (Å²) in [4.78, 5) is 13.1. The van der Waals surface area contributed by atoms with Crippen LogP contribution in [0.25, 0.3) is 22.0 Å². The highest BCUT2D eigenvalue weighted by Gasteiger charge is 2.22. The standard InChI is InChI=1S/C24H26N4O2/c1-29-17-6-7-18-19-15-28(12-9-20(19)25-21(18)14-17)16-5-8-23-22(13-16)26-24(30-23)27-10-3-2-4-11-27/h5-8,13-14,25H,2-4,9-12,15H2,1H3. The molecule has 0 spiro atoms. The lowest BCUT2D eigenvalue weighted by Crippen LogP contribution is -2.30. The van der Waals surface area contributed by atoms with E-state index in [-0.39, 0.29) is 0 Å².